The lowest BCUT2D eigenvalue weighted by atomic mass is 10.0. The van der Waals surface area contributed by atoms with Crippen LogP contribution in [-0.2, 0) is 6.42 Å². The molecule has 2 aromatic rings. The van der Waals surface area contributed by atoms with Gasteiger partial charge in [-0.1, -0.05) is 6.92 Å². The second kappa shape index (κ2) is 6.11. The lowest BCUT2D eigenvalue weighted by molar-refractivity contribution is 0.517. The zero-order valence-corrected chi connectivity index (χ0v) is 10.4. The van der Waals surface area contributed by atoms with Crippen LogP contribution in [0.5, 0.6) is 0 Å². The van der Waals surface area contributed by atoms with Crippen LogP contribution in [0.1, 0.15) is 30.6 Å². The van der Waals surface area contributed by atoms with E-state index in [1.165, 1.54) is 0 Å². The molecule has 6 nitrogen and oxygen atoms in total. The largest absolute Gasteiger partial charge is 0.384 e. The maximum Gasteiger partial charge on any atom is 0.123 e. The molecule has 0 aromatic carbocycles. The van der Waals surface area contributed by atoms with Crippen molar-refractivity contribution in [2.75, 3.05) is 12.3 Å². The molecule has 2 heterocycles. The SMILES string of the molecule is CCCNC(Cc1ccnc(N)c1)c1cn[nH]n1. The number of rotatable bonds is 6. The number of nitrogen functional groups attached to an aromatic ring is 1. The van der Waals surface area contributed by atoms with E-state index in [0.29, 0.717) is 5.82 Å². The number of nitrogens with two attached hydrogens (primary N) is 1. The molecule has 96 valence electrons. The standard InChI is InChI=1S/C12H18N6/c1-2-4-14-10(11-8-16-18-17-11)6-9-3-5-15-12(13)7-9/h3,5,7-8,10,14H,2,4,6H2,1H3,(H2,13,15)(H,16,17,18). The fourth-order valence-electron chi connectivity index (χ4n) is 1.84. The van der Waals surface area contributed by atoms with Crippen molar-refractivity contribution in [1.82, 2.24) is 25.7 Å². The molecule has 2 rings (SSSR count). The summed E-state index contributed by atoms with van der Waals surface area (Å²) in [6.45, 7) is 3.08. The molecule has 0 spiro atoms. The van der Waals surface area contributed by atoms with E-state index in [1.54, 1.807) is 12.4 Å². The zero-order chi connectivity index (χ0) is 12.8. The molecule has 1 atom stereocenters. The second-order valence-corrected chi connectivity index (χ2v) is 4.19. The van der Waals surface area contributed by atoms with Gasteiger partial charge in [-0.3, -0.25) is 0 Å². The van der Waals surface area contributed by atoms with Gasteiger partial charge in [0.25, 0.3) is 0 Å². The molecule has 0 radical (unpaired) electrons. The van der Waals surface area contributed by atoms with Crippen LogP contribution in [0.4, 0.5) is 5.82 Å². The summed E-state index contributed by atoms with van der Waals surface area (Å²) in [5, 5.41) is 14.1. The Hall–Kier alpha value is -1.95. The van der Waals surface area contributed by atoms with Gasteiger partial charge in [-0.25, -0.2) is 4.98 Å². The van der Waals surface area contributed by atoms with Crippen molar-refractivity contribution in [3.63, 3.8) is 0 Å². The number of aromatic nitrogens is 4. The highest BCUT2D eigenvalue weighted by molar-refractivity contribution is 5.32. The van der Waals surface area contributed by atoms with Crippen molar-refractivity contribution in [3.8, 4) is 0 Å². The molecular weight excluding hydrogens is 228 g/mol. The predicted octanol–water partition coefficient (Wildman–Crippen LogP) is 1.07. The van der Waals surface area contributed by atoms with Crippen LogP contribution in [0, 0.1) is 0 Å². The van der Waals surface area contributed by atoms with Gasteiger partial charge in [0, 0.05) is 6.20 Å². The fourth-order valence-corrected chi connectivity index (χ4v) is 1.84. The van der Waals surface area contributed by atoms with Gasteiger partial charge in [-0.05, 0) is 37.1 Å². The minimum absolute atomic E-state index is 0.144. The Morgan fingerprint density at radius 2 is 2.39 bits per heavy atom. The Morgan fingerprint density at radius 3 is 3.06 bits per heavy atom. The van der Waals surface area contributed by atoms with Gasteiger partial charge in [0.2, 0.25) is 0 Å². The third-order valence-corrected chi connectivity index (χ3v) is 2.72. The van der Waals surface area contributed by atoms with E-state index in [9.17, 15) is 0 Å². The van der Waals surface area contributed by atoms with Crippen LogP contribution in [-0.4, -0.2) is 26.9 Å². The second-order valence-electron chi connectivity index (χ2n) is 4.19. The Balaban J connectivity index is 2.10. The first kappa shape index (κ1) is 12.5. The molecule has 4 N–H and O–H groups in total. The number of nitrogens with one attached hydrogen (secondary N) is 2. The normalized spacial score (nSPS) is 12.5. The Morgan fingerprint density at radius 1 is 1.50 bits per heavy atom. The van der Waals surface area contributed by atoms with Gasteiger partial charge in [0.05, 0.1) is 17.9 Å². The van der Waals surface area contributed by atoms with Crippen LogP contribution in [0.25, 0.3) is 0 Å². The predicted molar refractivity (Wildman–Crippen MR) is 69.8 cm³/mol. The number of pyridine rings is 1. The van der Waals surface area contributed by atoms with Gasteiger partial charge < -0.3 is 11.1 Å². The van der Waals surface area contributed by atoms with E-state index < -0.39 is 0 Å². The van der Waals surface area contributed by atoms with E-state index in [0.717, 1.165) is 30.6 Å². The maximum atomic E-state index is 5.69. The molecule has 1 unspecified atom stereocenters. The summed E-state index contributed by atoms with van der Waals surface area (Å²) in [7, 11) is 0. The van der Waals surface area contributed by atoms with Crippen LogP contribution < -0.4 is 11.1 Å². The lowest BCUT2D eigenvalue weighted by Gasteiger charge is -2.16. The van der Waals surface area contributed by atoms with Crippen LogP contribution in [0.15, 0.2) is 24.5 Å². The van der Waals surface area contributed by atoms with Crippen molar-refractivity contribution < 1.29 is 0 Å². The summed E-state index contributed by atoms with van der Waals surface area (Å²) in [6, 6.07) is 4.00. The van der Waals surface area contributed by atoms with Crippen molar-refractivity contribution >= 4 is 5.82 Å². The summed E-state index contributed by atoms with van der Waals surface area (Å²) in [5.74, 6) is 0.543. The zero-order valence-electron chi connectivity index (χ0n) is 10.4. The molecule has 0 aliphatic rings. The average Bonchev–Trinajstić information content (AvgIpc) is 2.88. The minimum atomic E-state index is 0.144. The molecule has 0 amide bonds. The first-order valence-electron chi connectivity index (χ1n) is 6.09. The molecule has 0 saturated carbocycles. The summed E-state index contributed by atoms with van der Waals surface area (Å²) >= 11 is 0. The Labute approximate surface area is 106 Å². The van der Waals surface area contributed by atoms with Gasteiger partial charge >= 0.3 is 0 Å². The highest BCUT2D eigenvalue weighted by atomic mass is 15.3. The van der Waals surface area contributed by atoms with Crippen molar-refractivity contribution in [2.45, 2.75) is 25.8 Å². The van der Waals surface area contributed by atoms with Crippen molar-refractivity contribution in [2.24, 2.45) is 0 Å². The Bertz CT molecular complexity index is 467. The highest BCUT2D eigenvalue weighted by Crippen LogP contribution is 2.16. The van der Waals surface area contributed by atoms with E-state index in [-0.39, 0.29) is 6.04 Å². The number of H-pyrrole nitrogens is 1. The van der Waals surface area contributed by atoms with Gasteiger partial charge in [-0.15, -0.1) is 0 Å². The molecular formula is C12H18N6. The summed E-state index contributed by atoms with van der Waals surface area (Å²) in [5.41, 5.74) is 7.74. The molecule has 18 heavy (non-hydrogen) atoms. The molecule has 2 aromatic heterocycles. The number of aromatic amines is 1. The van der Waals surface area contributed by atoms with Gasteiger partial charge in [-0.2, -0.15) is 15.4 Å². The summed E-state index contributed by atoms with van der Waals surface area (Å²) in [6.07, 6.45) is 5.37. The number of hydrogen-bond acceptors (Lipinski definition) is 5. The molecule has 6 heteroatoms. The molecule has 0 aliphatic heterocycles. The molecule has 0 bridgehead atoms. The van der Waals surface area contributed by atoms with Crippen LogP contribution >= 0.6 is 0 Å². The van der Waals surface area contributed by atoms with Crippen LogP contribution in [0.3, 0.4) is 0 Å². The average molecular weight is 246 g/mol. The number of nitrogens with zero attached hydrogens (tertiary/aromatic N) is 3. The summed E-state index contributed by atoms with van der Waals surface area (Å²) < 4.78 is 0. The third kappa shape index (κ3) is 3.27. The summed E-state index contributed by atoms with van der Waals surface area (Å²) in [4.78, 5) is 4.00. The quantitative estimate of drug-likeness (QED) is 0.709. The Kier molecular flexibility index (Phi) is 4.25. The number of hydrogen-bond donors (Lipinski definition) is 3. The lowest BCUT2D eigenvalue weighted by Crippen LogP contribution is -2.24. The number of anilines is 1. The maximum absolute atomic E-state index is 5.69. The van der Waals surface area contributed by atoms with Crippen LogP contribution in [0.2, 0.25) is 0 Å². The first-order chi connectivity index (χ1) is 8.79. The molecule has 0 saturated heterocycles. The van der Waals surface area contributed by atoms with Gasteiger partial charge in [0.1, 0.15) is 5.82 Å². The van der Waals surface area contributed by atoms with E-state index in [2.05, 4.69) is 32.6 Å². The topological polar surface area (TPSA) is 92.5 Å². The fraction of sp³-hybridized carbons (Fsp3) is 0.417. The van der Waals surface area contributed by atoms with Gasteiger partial charge in [0.15, 0.2) is 0 Å². The smallest absolute Gasteiger partial charge is 0.123 e. The third-order valence-electron chi connectivity index (χ3n) is 2.72. The van der Waals surface area contributed by atoms with E-state index in [4.69, 9.17) is 5.73 Å². The first-order valence-corrected chi connectivity index (χ1v) is 6.09. The minimum Gasteiger partial charge on any atom is -0.384 e. The monoisotopic (exact) mass is 246 g/mol. The van der Waals surface area contributed by atoms with Crippen molar-refractivity contribution in [3.05, 3.63) is 35.8 Å². The highest BCUT2D eigenvalue weighted by Gasteiger charge is 2.14. The van der Waals surface area contributed by atoms with E-state index >= 15 is 0 Å². The molecule has 0 aliphatic carbocycles. The molecule has 0 fully saturated rings. The van der Waals surface area contributed by atoms with E-state index in [1.807, 2.05) is 12.1 Å². The van der Waals surface area contributed by atoms with Crippen molar-refractivity contribution in [1.29, 1.82) is 0 Å².